The van der Waals surface area contributed by atoms with Crippen LogP contribution in [-0.4, -0.2) is 37.5 Å². The lowest BCUT2D eigenvalue weighted by molar-refractivity contribution is -0.119. The van der Waals surface area contributed by atoms with Crippen LogP contribution in [0.1, 0.15) is 20.3 Å². The molecule has 3 heteroatoms. The van der Waals surface area contributed by atoms with Crippen LogP contribution in [0.4, 0.5) is 0 Å². The lowest BCUT2D eigenvalue weighted by Gasteiger charge is -2.19. The molecule has 0 bridgehead atoms. The summed E-state index contributed by atoms with van der Waals surface area (Å²) >= 11 is 0. The number of hydrogen-bond acceptors (Lipinski definition) is 2. The highest BCUT2D eigenvalue weighted by Crippen LogP contribution is 1.91. The van der Waals surface area contributed by atoms with Gasteiger partial charge in [-0.25, -0.2) is 0 Å². The maximum Gasteiger partial charge on any atom is 0.217 e. The molecule has 0 saturated heterocycles. The topological polar surface area (TPSA) is 32.3 Å². The molecule has 0 fully saturated rings. The summed E-state index contributed by atoms with van der Waals surface area (Å²) in [4.78, 5) is 12.7. The van der Waals surface area contributed by atoms with Gasteiger partial charge in [-0.1, -0.05) is 6.92 Å². The minimum Gasteiger partial charge on any atom is -0.352 e. The second-order valence-corrected chi connectivity index (χ2v) is 3.07. The third-order valence-electron chi connectivity index (χ3n) is 1.49. The SMILES string of the molecule is CCC(CN(C)C)NC(C)=O. The van der Waals surface area contributed by atoms with E-state index in [4.69, 9.17) is 0 Å². The molecule has 0 aromatic carbocycles. The average Bonchev–Trinajstić information content (AvgIpc) is 1.84. The van der Waals surface area contributed by atoms with Gasteiger partial charge in [0.1, 0.15) is 0 Å². The van der Waals surface area contributed by atoms with Crippen molar-refractivity contribution >= 4 is 5.91 Å². The molecule has 0 aromatic rings. The highest BCUT2D eigenvalue weighted by molar-refractivity contribution is 5.73. The predicted molar refractivity (Wildman–Crippen MR) is 46.4 cm³/mol. The number of nitrogens with zero attached hydrogens (tertiary/aromatic N) is 1. The van der Waals surface area contributed by atoms with Crippen LogP contribution in [0.3, 0.4) is 0 Å². The summed E-state index contributed by atoms with van der Waals surface area (Å²) in [6, 6.07) is 0.294. The van der Waals surface area contributed by atoms with Crippen LogP contribution < -0.4 is 5.32 Å². The Hall–Kier alpha value is -0.570. The average molecular weight is 158 g/mol. The Morgan fingerprint density at radius 2 is 2.09 bits per heavy atom. The highest BCUT2D eigenvalue weighted by Gasteiger charge is 2.07. The van der Waals surface area contributed by atoms with Crippen molar-refractivity contribution in [2.45, 2.75) is 26.3 Å². The third kappa shape index (κ3) is 5.85. The summed E-state index contributed by atoms with van der Waals surface area (Å²) in [6.07, 6.45) is 0.984. The standard InChI is InChI=1S/C8H18N2O/c1-5-8(6-10(3)4)9-7(2)11/h8H,5-6H2,1-4H3,(H,9,11). The maximum atomic E-state index is 10.7. The van der Waals surface area contributed by atoms with Crippen molar-refractivity contribution < 1.29 is 4.79 Å². The van der Waals surface area contributed by atoms with Crippen molar-refractivity contribution in [3.63, 3.8) is 0 Å². The first-order chi connectivity index (χ1) is 5.06. The van der Waals surface area contributed by atoms with Crippen molar-refractivity contribution in [1.82, 2.24) is 10.2 Å². The first kappa shape index (κ1) is 10.4. The van der Waals surface area contributed by atoms with Gasteiger partial charge in [0.2, 0.25) is 5.91 Å². The van der Waals surface area contributed by atoms with Gasteiger partial charge in [0, 0.05) is 19.5 Å². The van der Waals surface area contributed by atoms with Crippen LogP contribution in [-0.2, 0) is 4.79 Å². The van der Waals surface area contributed by atoms with Crippen molar-refractivity contribution in [2.24, 2.45) is 0 Å². The first-order valence-corrected chi connectivity index (χ1v) is 3.98. The Morgan fingerprint density at radius 1 is 1.55 bits per heavy atom. The molecule has 0 spiro atoms. The van der Waals surface area contributed by atoms with Crippen molar-refractivity contribution in [3.8, 4) is 0 Å². The summed E-state index contributed by atoms with van der Waals surface area (Å²) in [5, 5.41) is 2.88. The highest BCUT2D eigenvalue weighted by atomic mass is 16.1. The zero-order valence-corrected chi connectivity index (χ0v) is 7.85. The third-order valence-corrected chi connectivity index (χ3v) is 1.49. The molecule has 0 aliphatic heterocycles. The number of nitrogens with one attached hydrogen (secondary N) is 1. The minimum atomic E-state index is 0.0544. The molecule has 0 aliphatic rings. The molecule has 0 rings (SSSR count). The number of rotatable bonds is 4. The van der Waals surface area contributed by atoms with E-state index in [0.29, 0.717) is 6.04 Å². The van der Waals surface area contributed by atoms with Gasteiger partial charge in [0.15, 0.2) is 0 Å². The van der Waals surface area contributed by atoms with Gasteiger partial charge in [-0.2, -0.15) is 0 Å². The molecule has 0 aromatic heterocycles. The minimum absolute atomic E-state index is 0.0544. The monoisotopic (exact) mass is 158 g/mol. The predicted octanol–water partition coefficient (Wildman–Crippen LogP) is 0.463. The normalized spacial score (nSPS) is 13.2. The first-order valence-electron chi connectivity index (χ1n) is 3.98. The molecule has 1 unspecified atom stereocenters. The Bertz CT molecular complexity index is 123. The largest absolute Gasteiger partial charge is 0.352 e. The summed E-state index contributed by atoms with van der Waals surface area (Å²) in [5.41, 5.74) is 0. The smallest absolute Gasteiger partial charge is 0.217 e. The van der Waals surface area contributed by atoms with Crippen LogP contribution in [0.2, 0.25) is 0 Å². The Labute approximate surface area is 68.8 Å². The fraction of sp³-hybridized carbons (Fsp3) is 0.875. The van der Waals surface area contributed by atoms with E-state index in [1.54, 1.807) is 6.92 Å². The van der Waals surface area contributed by atoms with E-state index in [1.807, 2.05) is 14.1 Å². The van der Waals surface area contributed by atoms with Crippen molar-refractivity contribution in [3.05, 3.63) is 0 Å². The van der Waals surface area contributed by atoms with Gasteiger partial charge in [-0.3, -0.25) is 4.79 Å². The van der Waals surface area contributed by atoms with Gasteiger partial charge < -0.3 is 10.2 Å². The van der Waals surface area contributed by atoms with Crippen LogP contribution in [0.15, 0.2) is 0 Å². The lowest BCUT2D eigenvalue weighted by atomic mass is 10.2. The van der Waals surface area contributed by atoms with E-state index in [-0.39, 0.29) is 5.91 Å². The maximum absolute atomic E-state index is 10.7. The second-order valence-electron chi connectivity index (χ2n) is 3.07. The van der Waals surface area contributed by atoms with Crippen molar-refractivity contribution in [1.29, 1.82) is 0 Å². The fourth-order valence-electron chi connectivity index (χ4n) is 1.01. The van der Waals surface area contributed by atoms with Gasteiger partial charge >= 0.3 is 0 Å². The van der Waals surface area contributed by atoms with E-state index in [1.165, 1.54) is 0 Å². The molecule has 1 N–H and O–H groups in total. The molecule has 11 heavy (non-hydrogen) atoms. The molecule has 66 valence electrons. The van der Waals surface area contributed by atoms with Gasteiger partial charge in [0.25, 0.3) is 0 Å². The van der Waals surface area contributed by atoms with Gasteiger partial charge in [0.05, 0.1) is 0 Å². The quantitative estimate of drug-likeness (QED) is 0.644. The van der Waals surface area contributed by atoms with E-state index in [0.717, 1.165) is 13.0 Å². The molecule has 0 saturated carbocycles. The lowest BCUT2D eigenvalue weighted by Crippen LogP contribution is -2.40. The number of carbonyl (C=O) groups is 1. The van der Waals surface area contributed by atoms with Crippen LogP contribution in [0.25, 0.3) is 0 Å². The van der Waals surface area contributed by atoms with Crippen LogP contribution in [0, 0.1) is 0 Å². The Kier molecular flexibility index (Phi) is 4.86. The van der Waals surface area contributed by atoms with Gasteiger partial charge in [-0.05, 0) is 20.5 Å². The zero-order valence-electron chi connectivity index (χ0n) is 7.85. The zero-order chi connectivity index (χ0) is 8.85. The number of amides is 1. The summed E-state index contributed by atoms with van der Waals surface area (Å²) in [6.45, 7) is 4.54. The molecular weight excluding hydrogens is 140 g/mol. The number of carbonyl (C=O) groups excluding carboxylic acids is 1. The second kappa shape index (κ2) is 5.13. The molecule has 3 nitrogen and oxygen atoms in total. The summed E-state index contributed by atoms with van der Waals surface area (Å²) in [5.74, 6) is 0.0544. The van der Waals surface area contributed by atoms with E-state index < -0.39 is 0 Å². The van der Waals surface area contributed by atoms with E-state index in [9.17, 15) is 4.79 Å². The van der Waals surface area contributed by atoms with E-state index in [2.05, 4.69) is 17.1 Å². The van der Waals surface area contributed by atoms with Crippen molar-refractivity contribution in [2.75, 3.05) is 20.6 Å². The van der Waals surface area contributed by atoms with Crippen LogP contribution in [0.5, 0.6) is 0 Å². The molecule has 0 aliphatic carbocycles. The summed E-state index contributed by atoms with van der Waals surface area (Å²) in [7, 11) is 4.01. The van der Waals surface area contributed by atoms with Crippen LogP contribution >= 0.6 is 0 Å². The number of hydrogen-bond donors (Lipinski definition) is 1. The molecule has 0 radical (unpaired) electrons. The van der Waals surface area contributed by atoms with Gasteiger partial charge in [-0.15, -0.1) is 0 Å². The molecular formula is C8H18N2O. The molecule has 1 amide bonds. The Morgan fingerprint density at radius 3 is 2.36 bits per heavy atom. The Balaban J connectivity index is 3.66. The summed E-state index contributed by atoms with van der Waals surface area (Å²) < 4.78 is 0. The fourth-order valence-corrected chi connectivity index (χ4v) is 1.01. The molecule has 0 heterocycles. The molecule has 1 atom stereocenters. The van der Waals surface area contributed by atoms with E-state index >= 15 is 0 Å². The number of likely N-dealkylation sites (N-methyl/N-ethyl adjacent to an activating group) is 1.